The SMILES string of the molecule is Cc1ccc2nc(CN3CC[C@@H](O)[C@H](C(=O)O)C3)cn2c1. The van der Waals surface area contributed by atoms with Crippen LogP contribution in [0.3, 0.4) is 0 Å². The zero-order valence-electron chi connectivity index (χ0n) is 11.9. The Balaban J connectivity index is 1.74. The van der Waals surface area contributed by atoms with Gasteiger partial charge in [-0.1, -0.05) is 6.07 Å². The molecule has 0 aromatic carbocycles. The topological polar surface area (TPSA) is 78.1 Å². The number of likely N-dealkylation sites (tertiary alicyclic amines) is 1. The lowest BCUT2D eigenvalue weighted by atomic mass is 9.95. The van der Waals surface area contributed by atoms with Gasteiger partial charge in [-0.2, -0.15) is 0 Å². The van der Waals surface area contributed by atoms with Crippen molar-refractivity contribution in [2.24, 2.45) is 5.92 Å². The van der Waals surface area contributed by atoms with E-state index in [9.17, 15) is 9.90 Å². The van der Waals surface area contributed by atoms with E-state index in [0.717, 1.165) is 11.3 Å². The summed E-state index contributed by atoms with van der Waals surface area (Å²) in [6, 6.07) is 3.99. The largest absolute Gasteiger partial charge is 0.481 e. The van der Waals surface area contributed by atoms with Gasteiger partial charge in [-0.05, 0) is 25.0 Å². The number of hydrogen-bond acceptors (Lipinski definition) is 4. The average Bonchev–Trinajstić information content (AvgIpc) is 2.82. The Bertz CT molecular complexity index is 667. The molecule has 0 bridgehead atoms. The Morgan fingerprint density at radius 3 is 3.00 bits per heavy atom. The Hall–Kier alpha value is -1.92. The molecule has 112 valence electrons. The van der Waals surface area contributed by atoms with Crippen molar-refractivity contribution in [3.8, 4) is 0 Å². The molecular formula is C15H19N3O3. The molecule has 0 saturated carbocycles. The summed E-state index contributed by atoms with van der Waals surface area (Å²) in [7, 11) is 0. The predicted molar refractivity (Wildman–Crippen MR) is 77.0 cm³/mol. The van der Waals surface area contributed by atoms with Crippen LogP contribution in [-0.2, 0) is 11.3 Å². The van der Waals surface area contributed by atoms with E-state index in [4.69, 9.17) is 5.11 Å². The second kappa shape index (κ2) is 5.46. The van der Waals surface area contributed by atoms with Gasteiger partial charge in [-0.25, -0.2) is 4.98 Å². The molecule has 2 aromatic rings. The second-order valence-corrected chi connectivity index (χ2v) is 5.74. The van der Waals surface area contributed by atoms with Gasteiger partial charge in [0.1, 0.15) is 5.65 Å². The summed E-state index contributed by atoms with van der Waals surface area (Å²) in [4.78, 5) is 17.7. The van der Waals surface area contributed by atoms with Crippen molar-refractivity contribution in [1.29, 1.82) is 0 Å². The first kappa shape index (κ1) is 14.0. The number of carbonyl (C=O) groups is 1. The first-order valence-corrected chi connectivity index (χ1v) is 7.10. The number of aryl methyl sites for hydroxylation is 1. The Labute approximate surface area is 122 Å². The van der Waals surface area contributed by atoms with Gasteiger partial charge in [0.15, 0.2) is 0 Å². The maximum atomic E-state index is 11.1. The molecule has 0 radical (unpaired) electrons. The fourth-order valence-electron chi connectivity index (χ4n) is 2.85. The zero-order chi connectivity index (χ0) is 15.0. The Kier molecular flexibility index (Phi) is 3.65. The van der Waals surface area contributed by atoms with Gasteiger partial charge in [0.25, 0.3) is 0 Å². The molecule has 1 aliphatic rings. The van der Waals surface area contributed by atoms with E-state index in [1.807, 2.05) is 40.8 Å². The smallest absolute Gasteiger partial charge is 0.310 e. The maximum Gasteiger partial charge on any atom is 0.310 e. The fraction of sp³-hybridized carbons (Fsp3) is 0.467. The van der Waals surface area contributed by atoms with Crippen LogP contribution in [0.5, 0.6) is 0 Å². The first-order valence-electron chi connectivity index (χ1n) is 7.10. The molecule has 2 atom stereocenters. The minimum Gasteiger partial charge on any atom is -0.481 e. The first-order chi connectivity index (χ1) is 10.0. The van der Waals surface area contributed by atoms with E-state index in [0.29, 0.717) is 26.1 Å². The van der Waals surface area contributed by atoms with Crippen molar-refractivity contribution in [2.75, 3.05) is 13.1 Å². The number of carboxylic acid groups (broad SMARTS) is 1. The molecule has 6 heteroatoms. The standard InChI is InChI=1S/C15H19N3O3/c1-10-2-3-14-16-11(8-18(14)6-10)7-17-5-4-13(19)12(9-17)15(20)21/h2-3,6,8,12-13,19H,4-5,7,9H2,1H3,(H,20,21)/t12-,13-/m1/s1. The average molecular weight is 289 g/mol. The number of aliphatic hydroxyl groups excluding tert-OH is 1. The van der Waals surface area contributed by atoms with Crippen LogP contribution >= 0.6 is 0 Å². The number of hydrogen-bond donors (Lipinski definition) is 2. The summed E-state index contributed by atoms with van der Waals surface area (Å²) < 4.78 is 1.98. The van der Waals surface area contributed by atoms with E-state index in [-0.39, 0.29) is 0 Å². The minimum atomic E-state index is -0.933. The van der Waals surface area contributed by atoms with E-state index in [2.05, 4.69) is 4.98 Å². The van der Waals surface area contributed by atoms with Gasteiger partial charge in [-0.15, -0.1) is 0 Å². The highest BCUT2D eigenvalue weighted by Crippen LogP contribution is 2.19. The molecule has 2 N–H and O–H groups in total. The predicted octanol–water partition coefficient (Wildman–Crippen LogP) is 0.910. The highest BCUT2D eigenvalue weighted by molar-refractivity contribution is 5.71. The number of piperidine rings is 1. The molecule has 1 fully saturated rings. The molecule has 1 saturated heterocycles. The van der Waals surface area contributed by atoms with Crippen LogP contribution in [0.15, 0.2) is 24.5 Å². The summed E-state index contributed by atoms with van der Waals surface area (Å²) >= 11 is 0. The molecule has 21 heavy (non-hydrogen) atoms. The number of aromatic nitrogens is 2. The van der Waals surface area contributed by atoms with Crippen LogP contribution in [0.2, 0.25) is 0 Å². The molecule has 1 aliphatic heterocycles. The van der Waals surface area contributed by atoms with Crippen LogP contribution in [-0.4, -0.2) is 49.7 Å². The molecular weight excluding hydrogens is 270 g/mol. The van der Waals surface area contributed by atoms with Gasteiger partial charge >= 0.3 is 5.97 Å². The fourth-order valence-corrected chi connectivity index (χ4v) is 2.85. The lowest BCUT2D eigenvalue weighted by Gasteiger charge is -2.33. The van der Waals surface area contributed by atoms with Gasteiger partial charge in [-0.3, -0.25) is 9.69 Å². The van der Waals surface area contributed by atoms with E-state index < -0.39 is 18.0 Å². The highest BCUT2D eigenvalue weighted by Gasteiger charge is 2.33. The number of aliphatic hydroxyl groups is 1. The molecule has 3 heterocycles. The molecule has 6 nitrogen and oxygen atoms in total. The number of nitrogens with zero attached hydrogens (tertiary/aromatic N) is 3. The van der Waals surface area contributed by atoms with Crippen LogP contribution in [0, 0.1) is 12.8 Å². The molecule has 0 aliphatic carbocycles. The Morgan fingerprint density at radius 2 is 2.24 bits per heavy atom. The molecule has 0 amide bonds. The van der Waals surface area contributed by atoms with Crippen LogP contribution in [0.25, 0.3) is 5.65 Å². The van der Waals surface area contributed by atoms with Crippen molar-refractivity contribution in [3.63, 3.8) is 0 Å². The third kappa shape index (κ3) is 2.91. The number of fused-ring (bicyclic) bond motifs is 1. The summed E-state index contributed by atoms with van der Waals surface area (Å²) in [6.45, 7) is 3.70. The normalized spacial score (nSPS) is 23.5. The number of imidazole rings is 1. The summed E-state index contributed by atoms with van der Waals surface area (Å²) in [5.74, 6) is -1.64. The molecule has 0 spiro atoms. The van der Waals surface area contributed by atoms with Crippen molar-refractivity contribution in [1.82, 2.24) is 14.3 Å². The van der Waals surface area contributed by atoms with E-state index in [1.165, 1.54) is 5.56 Å². The van der Waals surface area contributed by atoms with Gasteiger partial charge in [0.05, 0.1) is 17.7 Å². The van der Waals surface area contributed by atoms with Gasteiger partial charge in [0.2, 0.25) is 0 Å². The quantitative estimate of drug-likeness (QED) is 0.878. The molecule has 0 unspecified atom stereocenters. The third-order valence-corrected chi connectivity index (χ3v) is 4.01. The van der Waals surface area contributed by atoms with Crippen molar-refractivity contribution in [3.05, 3.63) is 35.8 Å². The molecule has 2 aromatic heterocycles. The molecule has 3 rings (SSSR count). The van der Waals surface area contributed by atoms with Gasteiger partial charge in [0, 0.05) is 32.0 Å². The minimum absolute atomic E-state index is 0.364. The van der Waals surface area contributed by atoms with Crippen molar-refractivity contribution in [2.45, 2.75) is 26.0 Å². The monoisotopic (exact) mass is 289 g/mol. The van der Waals surface area contributed by atoms with Crippen LogP contribution < -0.4 is 0 Å². The highest BCUT2D eigenvalue weighted by atomic mass is 16.4. The van der Waals surface area contributed by atoms with Crippen LogP contribution in [0.4, 0.5) is 0 Å². The Morgan fingerprint density at radius 1 is 1.43 bits per heavy atom. The third-order valence-electron chi connectivity index (χ3n) is 4.01. The van der Waals surface area contributed by atoms with Crippen molar-refractivity contribution >= 4 is 11.6 Å². The summed E-state index contributed by atoms with van der Waals surface area (Å²) in [5, 5.41) is 18.9. The zero-order valence-corrected chi connectivity index (χ0v) is 11.9. The second-order valence-electron chi connectivity index (χ2n) is 5.74. The van der Waals surface area contributed by atoms with Crippen LogP contribution in [0.1, 0.15) is 17.7 Å². The summed E-state index contributed by atoms with van der Waals surface area (Å²) in [5.41, 5.74) is 2.97. The number of aliphatic carboxylic acids is 1. The van der Waals surface area contributed by atoms with E-state index >= 15 is 0 Å². The maximum absolute atomic E-state index is 11.1. The van der Waals surface area contributed by atoms with Gasteiger partial charge < -0.3 is 14.6 Å². The lowest BCUT2D eigenvalue weighted by Crippen LogP contribution is -2.46. The summed E-state index contributed by atoms with van der Waals surface area (Å²) in [6.07, 6.45) is 3.74. The van der Waals surface area contributed by atoms with Crippen molar-refractivity contribution < 1.29 is 15.0 Å². The number of pyridine rings is 1. The number of rotatable bonds is 3. The number of carboxylic acids is 1. The van der Waals surface area contributed by atoms with E-state index in [1.54, 1.807) is 0 Å². The lowest BCUT2D eigenvalue weighted by molar-refractivity contribution is -0.149.